The molecule has 0 atom stereocenters. The number of aromatic nitrogens is 2. The van der Waals surface area contributed by atoms with Crippen LogP contribution in [-0.4, -0.2) is 34.8 Å². The Balaban J connectivity index is 2.02. The Morgan fingerprint density at radius 2 is 2.00 bits per heavy atom. The molecule has 1 N–H and O–H groups in total. The SMILES string of the molecule is COc1ccccc1OCCc1nc(Cl)cc(C(=O)O)n1. The highest BCUT2D eigenvalue weighted by atomic mass is 35.5. The van der Waals surface area contributed by atoms with Crippen LogP contribution in [0.25, 0.3) is 0 Å². The van der Waals surface area contributed by atoms with Crippen LogP contribution in [0, 0.1) is 0 Å². The summed E-state index contributed by atoms with van der Waals surface area (Å²) in [7, 11) is 1.56. The Labute approximate surface area is 126 Å². The number of nitrogens with zero attached hydrogens (tertiary/aromatic N) is 2. The zero-order valence-corrected chi connectivity index (χ0v) is 12.0. The number of aromatic carboxylic acids is 1. The van der Waals surface area contributed by atoms with Gasteiger partial charge in [0, 0.05) is 12.5 Å². The van der Waals surface area contributed by atoms with Gasteiger partial charge >= 0.3 is 5.97 Å². The lowest BCUT2D eigenvalue weighted by Gasteiger charge is -2.09. The standard InChI is InChI=1S/C14H13ClN2O4/c1-20-10-4-2-3-5-11(10)21-7-6-13-16-9(14(18)19)8-12(15)17-13/h2-5,8H,6-7H2,1H3,(H,18,19). The summed E-state index contributed by atoms with van der Waals surface area (Å²) < 4.78 is 10.7. The molecule has 0 bridgehead atoms. The maximum Gasteiger partial charge on any atom is 0.354 e. The van der Waals surface area contributed by atoms with Crippen molar-refractivity contribution in [1.29, 1.82) is 0 Å². The third-order valence-electron chi connectivity index (χ3n) is 2.61. The zero-order valence-electron chi connectivity index (χ0n) is 11.2. The Morgan fingerprint density at radius 3 is 2.67 bits per heavy atom. The van der Waals surface area contributed by atoms with E-state index in [0.29, 0.717) is 23.7 Å². The van der Waals surface area contributed by atoms with Gasteiger partial charge in [-0.3, -0.25) is 0 Å². The number of benzene rings is 1. The Hall–Kier alpha value is -2.34. The smallest absolute Gasteiger partial charge is 0.354 e. The lowest BCUT2D eigenvalue weighted by molar-refractivity contribution is 0.0689. The van der Waals surface area contributed by atoms with Gasteiger partial charge in [0.05, 0.1) is 13.7 Å². The number of carboxylic acids is 1. The number of para-hydroxylation sites is 2. The van der Waals surface area contributed by atoms with Gasteiger partial charge < -0.3 is 14.6 Å². The van der Waals surface area contributed by atoms with E-state index in [0.717, 1.165) is 0 Å². The van der Waals surface area contributed by atoms with Gasteiger partial charge in [0.15, 0.2) is 17.2 Å². The van der Waals surface area contributed by atoms with E-state index in [2.05, 4.69) is 9.97 Å². The van der Waals surface area contributed by atoms with Gasteiger partial charge in [-0.15, -0.1) is 0 Å². The molecule has 2 rings (SSSR count). The first kappa shape index (κ1) is 15.1. The van der Waals surface area contributed by atoms with Crippen LogP contribution in [0.5, 0.6) is 11.5 Å². The lowest BCUT2D eigenvalue weighted by Crippen LogP contribution is -2.09. The van der Waals surface area contributed by atoms with Crippen molar-refractivity contribution in [1.82, 2.24) is 9.97 Å². The van der Waals surface area contributed by atoms with E-state index in [4.69, 9.17) is 26.2 Å². The molecule has 1 aromatic heterocycles. The monoisotopic (exact) mass is 308 g/mol. The molecule has 110 valence electrons. The summed E-state index contributed by atoms with van der Waals surface area (Å²) in [6.07, 6.45) is 0.332. The van der Waals surface area contributed by atoms with E-state index in [1.165, 1.54) is 6.07 Å². The first-order valence-electron chi connectivity index (χ1n) is 6.12. The Kier molecular flexibility index (Phi) is 4.94. The second-order valence-corrected chi connectivity index (χ2v) is 4.43. The molecule has 0 amide bonds. The van der Waals surface area contributed by atoms with Crippen LogP contribution < -0.4 is 9.47 Å². The fourth-order valence-electron chi connectivity index (χ4n) is 1.68. The molecule has 0 aliphatic heterocycles. The van der Waals surface area contributed by atoms with Crippen molar-refractivity contribution < 1.29 is 19.4 Å². The molecule has 1 heterocycles. The number of carboxylic acid groups (broad SMARTS) is 1. The van der Waals surface area contributed by atoms with Crippen molar-refractivity contribution in [3.05, 3.63) is 47.0 Å². The Bertz CT molecular complexity index is 649. The summed E-state index contributed by atoms with van der Waals surface area (Å²) in [6, 6.07) is 8.43. The molecule has 0 aliphatic carbocycles. The maximum absolute atomic E-state index is 10.9. The molecule has 0 spiro atoms. The van der Waals surface area contributed by atoms with E-state index in [1.807, 2.05) is 12.1 Å². The second-order valence-electron chi connectivity index (χ2n) is 4.05. The van der Waals surface area contributed by atoms with Crippen LogP contribution in [0.2, 0.25) is 5.15 Å². The van der Waals surface area contributed by atoms with E-state index in [1.54, 1.807) is 19.2 Å². The van der Waals surface area contributed by atoms with Gasteiger partial charge in [0.2, 0.25) is 0 Å². The summed E-state index contributed by atoms with van der Waals surface area (Å²) in [6.45, 7) is 0.278. The molecule has 6 nitrogen and oxygen atoms in total. The first-order chi connectivity index (χ1) is 10.1. The van der Waals surface area contributed by atoms with Crippen LogP contribution in [0.4, 0.5) is 0 Å². The molecule has 0 aliphatic rings. The molecule has 0 fully saturated rings. The quantitative estimate of drug-likeness (QED) is 0.826. The molecule has 0 radical (unpaired) electrons. The van der Waals surface area contributed by atoms with Gasteiger partial charge in [-0.1, -0.05) is 23.7 Å². The summed E-state index contributed by atoms with van der Waals surface area (Å²) in [5, 5.41) is 9.00. The number of hydrogen-bond donors (Lipinski definition) is 1. The van der Waals surface area contributed by atoms with Crippen molar-refractivity contribution >= 4 is 17.6 Å². The summed E-state index contributed by atoms with van der Waals surface area (Å²) in [5.41, 5.74) is -0.137. The molecular weight excluding hydrogens is 296 g/mol. The molecule has 21 heavy (non-hydrogen) atoms. The van der Waals surface area contributed by atoms with Crippen molar-refractivity contribution in [2.24, 2.45) is 0 Å². The average molecular weight is 309 g/mol. The number of methoxy groups -OCH3 is 1. The molecule has 0 saturated carbocycles. The molecule has 7 heteroatoms. The van der Waals surface area contributed by atoms with E-state index >= 15 is 0 Å². The summed E-state index contributed by atoms with van der Waals surface area (Å²) in [5.74, 6) is 0.386. The van der Waals surface area contributed by atoms with Crippen molar-refractivity contribution in [2.45, 2.75) is 6.42 Å². The fourth-order valence-corrected chi connectivity index (χ4v) is 1.88. The minimum Gasteiger partial charge on any atom is -0.493 e. The van der Waals surface area contributed by atoms with Crippen molar-refractivity contribution in [3.63, 3.8) is 0 Å². The first-order valence-corrected chi connectivity index (χ1v) is 6.50. The van der Waals surface area contributed by atoms with Crippen LogP contribution in [0.3, 0.4) is 0 Å². The van der Waals surface area contributed by atoms with Gasteiger partial charge in [0.1, 0.15) is 11.0 Å². The van der Waals surface area contributed by atoms with E-state index in [9.17, 15) is 4.79 Å². The maximum atomic E-state index is 10.9. The largest absolute Gasteiger partial charge is 0.493 e. The number of halogens is 1. The number of ether oxygens (including phenoxy) is 2. The number of rotatable bonds is 6. The van der Waals surface area contributed by atoms with Gasteiger partial charge in [-0.2, -0.15) is 0 Å². The molecule has 0 saturated heterocycles. The third kappa shape index (κ3) is 4.06. The highest BCUT2D eigenvalue weighted by molar-refractivity contribution is 6.29. The fraction of sp³-hybridized carbons (Fsp3) is 0.214. The third-order valence-corrected chi connectivity index (χ3v) is 2.81. The molecule has 2 aromatic rings. The molecule has 0 unspecified atom stereocenters. The van der Waals surface area contributed by atoms with Crippen molar-refractivity contribution in [2.75, 3.05) is 13.7 Å². The van der Waals surface area contributed by atoms with Crippen LogP contribution in [-0.2, 0) is 6.42 Å². The second kappa shape index (κ2) is 6.90. The lowest BCUT2D eigenvalue weighted by atomic mass is 10.3. The van der Waals surface area contributed by atoms with E-state index < -0.39 is 5.97 Å². The highest BCUT2D eigenvalue weighted by Gasteiger charge is 2.10. The zero-order chi connectivity index (χ0) is 15.2. The van der Waals surface area contributed by atoms with E-state index in [-0.39, 0.29) is 17.5 Å². The average Bonchev–Trinajstić information content (AvgIpc) is 2.47. The summed E-state index contributed by atoms with van der Waals surface area (Å²) in [4.78, 5) is 18.8. The normalized spacial score (nSPS) is 10.2. The minimum atomic E-state index is -1.15. The molecular formula is C14H13ClN2O4. The van der Waals surface area contributed by atoms with Gasteiger partial charge in [0.25, 0.3) is 0 Å². The Morgan fingerprint density at radius 1 is 1.29 bits per heavy atom. The number of hydrogen-bond acceptors (Lipinski definition) is 5. The topological polar surface area (TPSA) is 81.5 Å². The van der Waals surface area contributed by atoms with Gasteiger partial charge in [-0.05, 0) is 12.1 Å². The predicted molar refractivity (Wildman–Crippen MR) is 76.2 cm³/mol. The van der Waals surface area contributed by atoms with Crippen LogP contribution in [0.1, 0.15) is 16.3 Å². The minimum absolute atomic E-state index is 0.0923. The predicted octanol–water partition coefficient (Wildman–Crippen LogP) is 2.46. The molecule has 1 aromatic carbocycles. The van der Waals surface area contributed by atoms with Gasteiger partial charge in [-0.25, -0.2) is 14.8 Å². The van der Waals surface area contributed by atoms with Crippen LogP contribution in [0.15, 0.2) is 30.3 Å². The summed E-state index contributed by atoms with van der Waals surface area (Å²) >= 11 is 5.76. The highest BCUT2D eigenvalue weighted by Crippen LogP contribution is 2.25. The number of carbonyl (C=O) groups is 1. The van der Waals surface area contributed by atoms with Crippen LogP contribution >= 0.6 is 11.6 Å². The van der Waals surface area contributed by atoms with Crippen molar-refractivity contribution in [3.8, 4) is 11.5 Å².